The minimum Gasteiger partial charge on any atom is -0.481 e. The van der Waals surface area contributed by atoms with Gasteiger partial charge in [-0.3, -0.25) is 19.5 Å². The Morgan fingerprint density at radius 2 is 1.97 bits per heavy atom. The van der Waals surface area contributed by atoms with Crippen LogP contribution in [0.2, 0.25) is 0 Å². The van der Waals surface area contributed by atoms with Crippen LogP contribution in [-0.2, 0) is 11.3 Å². The lowest BCUT2D eigenvalue weighted by molar-refractivity contribution is -0.139. The molecule has 2 fully saturated rings. The molecule has 0 N–H and O–H groups in total. The third-order valence-electron chi connectivity index (χ3n) is 6.40. The molecule has 32 heavy (non-hydrogen) atoms. The van der Waals surface area contributed by atoms with Crippen LogP contribution in [0.3, 0.4) is 0 Å². The van der Waals surface area contributed by atoms with Gasteiger partial charge in [0.25, 0.3) is 5.91 Å². The SMILES string of the molecule is COc1ccc(C(=O)N2CC3CN(Cc4cccnc4)CC3(C(=O)N(C)C)C2)c(OC)n1. The zero-order valence-electron chi connectivity index (χ0n) is 18.9. The van der Waals surface area contributed by atoms with Crippen LogP contribution in [0.4, 0.5) is 0 Å². The Labute approximate surface area is 187 Å². The summed E-state index contributed by atoms with van der Waals surface area (Å²) >= 11 is 0. The van der Waals surface area contributed by atoms with Gasteiger partial charge in [0.05, 0.1) is 19.6 Å². The van der Waals surface area contributed by atoms with Crippen molar-refractivity contribution >= 4 is 11.8 Å². The maximum atomic E-state index is 13.4. The van der Waals surface area contributed by atoms with Gasteiger partial charge >= 0.3 is 0 Å². The van der Waals surface area contributed by atoms with Gasteiger partial charge in [-0.25, -0.2) is 0 Å². The fraction of sp³-hybridized carbons (Fsp3) is 0.478. The van der Waals surface area contributed by atoms with Crippen molar-refractivity contribution in [2.45, 2.75) is 6.54 Å². The molecule has 9 nitrogen and oxygen atoms in total. The van der Waals surface area contributed by atoms with Crippen LogP contribution >= 0.6 is 0 Å². The zero-order chi connectivity index (χ0) is 22.9. The molecular weight excluding hydrogens is 410 g/mol. The Kier molecular flexibility index (Phi) is 6.01. The van der Waals surface area contributed by atoms with Crippen molar-refractivity contribution in [2.75, 3.05) is 54.5 Å². The number of rotatable bonds is 6. The van der Waals surface area contributed by atoms with Crippen LogP contribution in [0.15, 0.2) is 36.7 Å². The molecule has 2 unspecified atom stereocenters. The molecule has 0 radical (unpaired) electrons. The Hall–Kier alpha value is -3.20. The van der Waals surface area contributed by atoms with Crippen LogP contribution in [0.25, 0.3) is 0 Å². The molecule has 9 heteroatoms. The quantitative estimate of drug-likeness (QED) is 0.667. The van der Waals surface area contributed by atoms with E-state index in [1.807, 2.05) is 18.3 Å². The maximum absolute atomic E-state index is 13.4. The summed E-state index contributed by atoms with van der Waals surface area (Å²) in [4.78, 5) is 40.9. The molecule has 2 aromatic rings. The summed E-state index contributed by atoms with van der Waals surface area (Å²) in [5.41, 5.74) is 0.851. The molecule has 2 saturated heterocycles. The highest BCUT2D eigenvalue weighted by atomic mass is 16.5. The summed E-state index contributed by atoms with van der Waals surface area (Å²) in [6.45, 7) is 2.96. The highest BCUT2D eigenvalue weighted by molar-refractivity contribution is 5.97. The molecule has 2 atom stereocenters. The lowest BCUT2D eigenvalue weighted by atomic mass is 9.80. The van der Waals surface area contributed by atoms with Crippen LogP contribution in [0.1, 0.15) is 15.9 Å². The van der Waals surface area contributed by atoms with Crippen molar-refractivity contribution in [2.24, 2.45) is 11.3 Å². The molecule has 4 heterocycles. The first-order valence-corrected chi connectivity index (χ1v) is 10.6. The summed E-state index contributed by atoms with van der Waals surface area (Å²) in [6.07, 6.45) is 3.61. The van der Waals surface area contributed by atoms with Gasteiger partial charge in [-0.1, -0.05) is 6.07 Å². The summed E-state index contributed by atoms with van der Waals surface area (Å²) in [6, 6.07) is 7.27. The topological polar surface area (TPSA) is 88.1 Å². The number of fused-ring (bicyclic) bond motifs is 1. The monoisotopic (exact) mass is 439 g/mol. The summed E-state index contributed by atoms with van der Waals surface area (Å²) in [5.74, 6) is 0.525. The molecule has 170 valence electrons. The van der Waals surface area contributed by atoms with E-state index in [9.17, 15) is 9.59 Å². The minimum absolute atomic E-state index is 0.0511. The van der Waals surface area contributed by atoms with Gasteiger partial charge in [0.15, 0.2) is 0 Å². The number of carbonyl (C=O) groups excluding carboxylic acids is 2. The lowest BCUT2D eigenvalue weighted by Gasteiger charge is -2.31. The van der Waals surface area contributed by atoms with Crippen molar-refractivity contribution in [1.29, 1.82) is 0 Å². The molecule has 0 aromatic carbocycles. The third-order valence-corrected chi connectivity index (χ3v) is 6.40. The number of methoxy groups -OCH3 is 2. The Morgan fingerprint density at radius 3 is 2.62 bits per heavy atom. The standard InChI is InChI=1S/C23H29N5O4/c1-26(2)22(30)23-14-27(11-16-6-5-9-24-10-16)12-17(23)13-28(15-23)21(29)18-7-8-19(31-3)25-20(18)32-4/h5-10,17H,11-15H2,1-4H3. The lowest BCUT2D eigenvalue weighted by Crippen LogP contribution is -2.47. The number of amides is 2. The van der Waals surface area contributed by atoms with Crippen molar-refractivity contribution < 1.29 is 19.1 Å². The van der Waals surface area contributed by atoms with Gasteiger partial charge in [-0.2, -0.15) is 4.98 Å². The second-order valence-corrected chi connectivity index (χ2v) is 8.68. The van der Waals surface area contributed by atoms with E-state index in [2.05, 4.69) is 14.9 Å². The van der Waals surface area contributed by atoms with Crippen LogP contribution < -0.4 is 9.47 Å². The van der Waals surface area contributed by atoms with E-state index in [4.69, 9.17) is 9.47 Å². The smallest absolute Gasteiger partial charge is 0.259 e. The molecule has 0 aliphatic carbocycles. The summed E-state index contributed by atoms with van der Waals surface area (Å²) in [7, 11) is 6.54. The molecule has 0 saturated carbocycles. The molecule has 2 aliphatic rings. The molecule has 2 amide bonds. The number of pyridine rings is 2. The first kappa shape index (κ1) is 22.0. The van der Waals surface area contributed by atoms with E-state index < -0.39 is 5.41 Å². The Bertz CT molecular complexity index is 999. The van der Waals surface area contributed by atoms with Gasteiger partial charge < -0.3 is 19.3 Å². The van der Waals surface area contributed by atoms with Crippen LogP contribution in [0.5, 0.6) is 11.8 Å². The molecule has 0 spiro atoms. The first-order valence-electron chi connectivity index (χ1n) is 10.6. The first-order chi connectivity index (χ1) is 15.4. The maximum Gasteiger partial charge on any atom is 0.259 e. The van der Waals surface area contributed by atoms with E-state index in [0.29, 0.717) is 31.1 Å². The van der Waals surface area contributed by atoms with E-state index in [1.165, 1.54) is 14.2 Å². The van der Waals surface area contributed by atoms with Crippen molar-refractivity contribution in [3.63, 3.8) is 0 Å². The number of ether oxygens (including phenoxy) is 2. The number of hydrogen-bond acceptors (Lipinski definition) is 7. The Morgan fingerprint density at radius 1 is 1.16 bits per heavy atom. The van der Waals surface area contributed by atoms with Gasteiger partial charge in [0, 0.05) is 71.2 Å². The van der Waals surface area contributed by atoms with Crippen LogP contribution in [0, 0.1) is 11.3 Å². The number of hydrogen-bond donors (Lipinski definition) is 0. The fourth-order valence-electron chi connectivity index (χ4n) is 4.97. The zero-order valence-corrected chi connectivity index (χ0v) is 18.9. The normalized spacial score (nSPS) is 22.5. The minimum atomic E-state index is -0.630. The average Bonchev–Trinajstić information content (AvgIpc) is 3.33. The van der Waals surface area contributed by atoms with Gasteiger partial charge in [-0.15, -0.1) is 0 Å². The largest absolute Gasteiger partial charge is 0.481 e. The second-order valence-electron chi connectivity index (χ2n) is 8.68. The van der Waals surface area contributed by atoms with Crippen molar-refractivity contribution in [3.05, 3.63) is 47.8 Å². The molecule has 2 aliphatic heterocycles. The van der Waals surface area contributed by atoms with Crippen molar-refractivity contribution in [3.8, 4) is 11.8 Å². The molecule has 2 aromatic heterocycles. The summed E-state index contributed by atoms with van der Waals surface area (Å²) < 4.78 is 10.5. The van der Waals surface area contributed by atoms with Crippen LogP contribution in [-0.4, -0.2) is 91.0 Å². The van der Waals surface area contributed by atoms with E-state index in [1.54, 1.807) is 42.2 Å². The Balaban J connectivity index is 1.57. The van der Waals surface area contributed by atoms with E-state index in [0.717, 1.165) is 18.7 Å². The van der Waals surface area contributed by atoms with Gasteiger partial charge in [0.2, 0.25) is 17.7 Å². The summed E-state index contributed by atoms with van der Waals surface area (Å²) in [5, 5.41) is 0. The fourth-order valence-corrected chi connectivity index (χ4v) is 4.97. The van der Waals surface area contributed by atoms with Gasteiger partial charge in [0.1, 0.15) is 5.56 Å². The number of nitrogens with zero attached hydrogens (tertiary/aromatic N) is 5. The van der Waals surface area contributed by atoms with E-state index in [-0.39, 0.29) is 23.6 Å². The highest BCUT2D eigenvalue weighted by Gasteiger charge is 2.58. The number of likely N-dealkylation sites (tertiary alicyclic amines) is 2. The number of aromatic nitrogens is 2. The van der Waals surface area contributed by atoms with Gasteiger partial charge in [-0.05, 0) is 17.7 Å². The molecule has 4 rings (SSSR count). The number of carbonyl (C=O) groups is 2. The average molecular weight is 440 g/mol. The van der Waals surface area contributed by atoms with E-state index >= 15 is 0 Å². The third kappa shape index (κ3) is 3.88. The second kappa shape index (κ2) is 8.74. The molecular formula is C23H29N5O4. The van der Waals surface area contributed by atoms with Crippen molar-refractivity contribution in [1.82, 2.24) is 24.7 Å². The highest BCUT2D eigenvalue weighted by Crippen LogP contribution is 2.44. The predicted octanol–water partition coefficient (Wildman–Crippen LogP) is 1.16. The predicted molar refractivity (Wildman–Crippen MR) is 117 cm³/mol. The molecule has 0 bridgehead atoms.